The summed E-state index contributed by atoms with van der Waals surface area (Å²) in [5.74, 6) is -0.394. The molecule has 1 aliphatic heterocycles. The van der Waals surface area contributed by atoms with Gasteiger partial charge in [-0.3, -0.25) is 4.79 Å². The number of nitrogens with one attached hydrogen (secondary N) is 1. The number of carbonyl (C=O) groups is 1. The van der Waals surface area contributed by atoms with Crippen molar-refractivity contribution in [3.05, 3.63) is 64.1 Å². The van der Waals surface area contributed by atoms with Gasteiger partial charge in [-0.25, -0.2) is 8.42 Å². The number of halogens is 2. The van der Waals surface area contributed by atoms with E-state index in [2.05, 4.69) is 5.32 Å². The number of morpholine rings is 1. The lowest BCUT2D eigenvalue weighted by atomic mass is 10.2. The molecule has 27 heavy (non-hydrogen) atoms. The second-order valence-corrected chi connectivity index (χ2v) is 8.68. The standard InChI is InChI=1S/C18H18Cl2N2O4S/c19-14-6-2-1-5-13(14)11-21-18(23)16-12-22(9-10-26-16)27(24,25)17-8-4-3-7-15(17)20/h1-8,16H,9-12H2,(H,21,23)/t16-/m0/s1. The Morgan fingerprint density at radius 3 is 2.48 bits per heavy atom. The Labute approximate surface area is 168 Å². The van der Waals surface area contributed by atoms with E-state index in [9.17, 15) is 13.2 Å². The molecular weight excluding hydrogens is 411 g/mol. The van der Waals surface area contributed by atoms with Crippen LogP contribution in [0.2, 0.25) is 10.0 Å². The quantitative estimate of drug-likeness (QED) is 0.793. The fourth-order valence-corrected chi connectivity index (χ4v) is 4.85. The van der Waals surface area contributed by atoms with Crippen molar-refractivity contribution in [3.8, 4) is 0 Å². The highest BCUT2D eigenvalue weighted by Gasteiger charge is 2.34. The number of amides is 1. The molecule has 0 saturated carbocycles. The minimum absolute atomic E-state index is 0.0174. The lowest BCUT2D eigenvalue weighted by Crippen LogP contribution is -2.51. The second-order valence-electron chi connectivity index (χ2n) is 5.96. The largest absolute Gasteiger partial charge is 0.366 e. The lowest BCUT2D eigenvalue weighted by molar-refractivity contribution is -0.136. The van der Waals surface area contributed by atoms with E-state index in [-0.39, 0.29) is 36.2 Å². The number of sulfonamides is 1. The van der Waals surface area contributed by atoms with Crippen molar-refractivity contribution in [2.75, 3.05) is 19.7 Å². The minimum atomic E-state index is -3.81. The third-order valence-corrected chi connectivity index (χ3v) is 6.92. The fourth-order valence-electron chi connectivity index (χ4n) is 2.73. The van der Waals surface area contributed by atoms with E-state index in [1.54, 1.807) is 30.3 Å². The molecule has 0 bridgehead atoms. The van der Waals surface area contributed by atoms with Gasteiger partial charge in [0.2, 0.25) is 10.0 Å². The number of nitrogens with zero attached hydrogens (tertiary/aromatic N) is 1. The smallest absolute Gasteiger partial charge is 0.250 e. The number of rotatable bonds is 5. The average molecular weight is 429 g/mol. The Morgan fingerprint density at radius 2 is 1.78 bits per heavy atom. The van der Waals surface area contributed by atoms with Crippen LogP contribution in [0.1, 0.15) is 5.56 Å². The molecule has 2 aromatic carbocycles. The molecule has 1 atom stereocenters. The van der Waals surface area contributed by atoms with Crippen LogP contribution >= 0.6 is 23.2 Å². The summed E-state index contributed by atoms with van der Waals surface area (Å²) in [6.07, 6.45) is -0.904. The summed E-state index contributed by atoms with van der Waals surface area (Å²) in [6, 6.07) is 13.4. The molecule has 0 aliphatic carbocycles. The normalized spacial score (nSPS) is 18.2. The predicted octanol–water partition coefficient (Wildman–Crippen LogP) is 2.70. The number of hydrogen-bond acceptors (Lipinski definition) is 4. The van der Waals surface area contributed by atoms with Crippen LogP contribution in [0.3, 0.4) is 0 Å². The third kappa shape index (κ3) is 4.62. The zero-order valence-corrected chi connectivity index (χ0v) is 16.6. The maximum Gasteiger partial charge on any atom is 0.250 e. The average Bonchev–Trinajstić information content (AvgIpc) is 2.67. The molecule has 1 fully saturated rings. The Hall–Kier alpha value is -1.64. The van der Waals surface area contributed by atoms with Crippen LogP contribution in [0.25, 0.3) is 0 Å². The molecule has 0 radical (unpaired) electrons. The van der Waals surface area contributed by atoms with Crippen molar-refractivity contribution in [3.63, 3.8) is 0 Å². The van der Waals surface area contributed by atoms with Crippen LogP contribution in [0, 0.1) is 0 Å². The zero-order valence-electron chi connectivity index (χ0n) is 14.3. The van der Waals surface area contributed by atoms with Gasteiger partial charge in [-0.1, -0.05) is 53.5 Å². The van der Waals surface area contributed by atoms with E-state index in [1.807, 2.05) is 6.07 Å². The Morgan fingerprint density at radius 1 is 1.11 bits per heavy atom. The summed E-state index contributed by atoms with van der Waals surface area (Å²) in [7, 11) is -3.81. The van der Waals surface area contributed by atoms with Crippen molar-refractivity contribution < 1.29 is 17.9 Å². The maximum absolute atomic E-state index is 12.8. The molecule has 6 nitrogen and oxygen atoms in total. The van der Waals surface area contributed by atoms with Crippen molar-refractivity contribution >= 4 is 39.1 Å². The molecule has 144 valence electrons. The summed E-state index contributed by atoms with van der Waals surface area (Å²) in [5, 5.41) is 3.43. The molecule has 1 saturated heterocycles. The molecule has 1 aliphatic rings. The molecule has 2 aromatic rings. The first kappa shape index (κ1) is 20.1. The van der Waals surface area contributed by atoms with Gasteiger partial charge in [-0.15, -0.1) is 0 Å². The van der Waals surface area contributed by atoms with Crippen LogP contribution < -0.4 is 5.32 Å². The first-order valence-corrected chi connectivity index (χ1v) is 10.5. The van der Waals surface area contributed by atoms with Crippen LogP contribution in [0.5, 0.6) is 0 Å². The monoisotopic (exact) mass is 428 g/mol. The minimum Gasteiger partial charge on any atom is -0.366 e. The van der Waals surface area contributed by atoms with E-state index in [4.69, 9.17) is 27.9 Å². The van der Waals surface area contributed by atoms with Crippen molar-refractivity contribution in [1.29, 1.82) is 0 Å². The van der Waals surface area contributed by atoms with Gasteiger partial charge in [-0.2, -0.15) is 4.31 Å². The molecule has 0 aromatic heterocycles. The summed E-state index contributed by atoms with van der Waals surface area (Å²) in [5.41, 5.74) is 0.767. The van der Waals surface area contributed by atoms with Crippen molar-refractivity contribution in [2.24, 2.45) is 0 Å². The van der Waals surface area contributed by atoms with E-state index in [0.29, 0.717) is 5.02 Å². The molecule has 1 N–H and O–H groups in total. The summed E-state index contributed by atoms with van der Waals surface area (Å²) in [6.45, 7) is 0.424. The van der Waals surface area contributed by atoms with E-state index >= 15 is 0 Å². The molecular formula is C18H18Cl2N2O4S. The van der Waals surface area contributed by atoms with Crippen LogP contribution in [0.4, 0.5) is 0 Å². The van der Waals surface area contributed by atoms with Crippen LogP contribution in [0.15, 0.2) is 53.4 Å². The number of benzene rings is 2. The van der Waals surface area contributed by atoms with Gasteiger partial charge >= 0.3 is 0 Å². The number of hydrogen-bond donors (Lipinski definition) is 1. The van der Waals surface area contributed by atoms with Gasteiger partial charge in [0, 0.05) is 24.7 Å². The summed E-state index contributed by atoms with van der Waals surface area (Å²) < 4.78 is 32.4. The van der Waals surface area contributed by atoms with Gasteiger partial charge in [0.25, 0.3) is 5.91 Å². The van der Waals surface area contributed by atoms with E-state index in [1.165, 1.54) is 16.4 Å². The Kier molecular flexibility index (Phi) is 6.39. The molecule has 1 heterocycles. The highest BCUT2D eigenvalue weighted by atomic mass is 35.5. The summed E-state index contributed by atoms with van der Waals surface area (Å²) in [4.78, 5) is 12.4. The molecule has 0 unspecified atom stereocenters. The molecule has 9 heteroatoms. The Balaban J connectivity index is 1.68. The van der Waals surface area contributed by atoms with E-state index in [0.717, 1.165) is 5.56 Å². The van der Waals surface area contributed by atoms with Gasteiger partial charge in [0.1, 0.15) is 11.0 Å². The number of ether oxygens (including phenoxy) is 1. The fraction of sp³-hybridized carbons (Fsp3) is 0.278. The molecule has 0 spiro atoms. The van der Waals surface area contributed by atoms with E-state index < -0.39 is 22.0 Å². The second kappa shape index (κ2) is 8.58. The molecule has 1 amide bonds. The van der Waals surface area contributed by atoms with Gasteiger partial charge < -0.3 is 10.1 Å². The van der Waals surface area contributed by atoms with Gasteiger partial charge in [-0.05, 0) is 23.8 Å². The highest BCUT2D eigenvalue weighted by Crippen LogP contribution is 2.25. The van der Waals surface area contributed by atoms with Crippen molar-refractivity contribution in [1.82, 2.24) is 9.62 Å². The third-order valence-electron chi connectivity index (χ3n) is 4.19. The maximum atomic E-state index is 12.8. The van der Waals surface area contributed by atoms with Gasteiger partial charge in [0.15, 0.2) is 0 Å². The zero-order chi connectivity index (χ0) is 19.4. The summed E-state index contributed by atoms with van der Waals surface area (Å²) >= 11 is 12.1. The molecule has 3 rings (SSSR count). The SMILES string of the molecule is O=C(NCc1ccccc1Cl)[C@@H]1CN(S(=O)(=O)c2ccccc2Cl)CCO1. The predicted molar refractivity (Wildman–Crippen MR) is 103 cm³/mol. The number of carbonyl (C=O) groups excluding carboxylic acids is 1. The first-order valence-electron chi connectivity index (χ1n) is 8.27. The first-order chi connectivity index (χ1) is 12.9. The van der Waals surface area contributed by atoms with Crippen LogP contribution in [-0.4, -0.2) is 44.4 Å². The highest BCUT2D eigenvalue weighted by molar-refractivity contribution is 7.89. The topological polar surface area (TPSA) is 75.7 Å². The Bertz CT molecular complexity index is 936. The lowest BCUT2D eigenvalue weighted by Gasteiger charge is -2.31. The van der Waals surface area contributed by atoms with Crippen molar-refractivity contribution in [2.45, 2.75) is 17.5 Å². The van der Waals surface area contributed by atoms with Gasteiger partial charge in [0.05, 0.1) is 11.6 Å². The van der Waals surface area contributed by atoms with Crippen LogP contribution in [-0.2, 0) is 26.1 Å².